The molecule has 0 saturated carbocycles. The van der Waals surface area contributed by atoms with Crippen molar-refractivity contribution in [1.29, 1.82) is 0 Å². The third kappa shape index (κ3) is 4.81. The first kappa shape index (κ1) is 17.9. The number of halogens is 1. The van der Waals surface area contributed by atoms with Gasteiger partial charge in [0.05, 0.1) is 13.1 Å². The molecule has 2 aromatic rings. The Morgan fingerprint density at radius 1 is 1.15 bits per heavy atom. The molecule has 136 valence electrons. The van der Waals surface area contributed by atoms with Gasteiger partial charge in [0, 0.05) is 12.1 Å². The van der Waals surface area contributed by atoms with Crippen molar-refractivity contribution in [1.82, 2.24) is 5.32 Å². The summed E-state index contributed by atoms with van der Waals surface area (Å²) in [5.41, 5.74) is 1.79. The van der Waals surface area contributed by atoms with Crippen LogP contribution in [0.3, 0.4) is 0 Å². The maximum absolute atomic E-state index is 12.8. The van der Waals surface area contributed by atoms with Gasteiger partial charge in [0.15, 0.2) is 0 Å². The number of nitrogens with one attached hydrogen (secondary N) is 1. The van der Waals surface area contributed by atoms with Gasteiger partial charge in [-0.25, -0.2) is 9.18 Å². The molecule has 0 aliphatic carbocycles. The average Bonchev–Trinajstić information content (AvgIpc) is 3.03. The second-order valence-electron chi connectivity index (χ2n) is 6.24. The van der Waals surface area contributed by atoms with Crippen molar-refractivity contribution >= 4 is 17.7 Å². The molecular weight excluding hydrogens is 335 g/mol. The minimum atomic E-state index is -0.397. The standard InChI is InChI=1S/C20H21FN2O3/c21-16-11-9-15(10-12-16)5-4-8-19(24)22-13-18-14-23(20(25)26-18)17-6-2-1-3-7-17/h1-3,6-7,9-12,18H,4-5,8,13-14H2,(H,22,24). The first-order chi connectivity index (χ1) is 12.6. The van der Waals surface area contributed by atoms with Crippen LogP contribution in [0.15, 0.2) is 54.6 Å². The number of para-hydroxylation sites is 1. The predicted octanol–water partition coefficient (Wildman–Crippen LogP) is 3.29. The van der Waals surface area contributed by atoms with Gasteiger partial charge in [-0.3, -0.25) is 9.69 Å². The van der Waals surface area contributed by atoms with E-state index < -0.39 is 6.09 Å². The zero-order valence-corrected chi connectivity index (χ0v) is 14.4. The number of benzene rings is 2. The smallest absolute Gasteiger partial charge is 0.414 e. The van der Waals surface area contributed by atoms with Gasteiger partial charge in [-0.2, -0.15) is 0 Å². The van der Waals surface area contributed by atoms with Crippen molar-refractivity contribution in [3.63, 3.8) is 0 Å². The van der Waals surface area contributed by atoms with Gasteiger partial charge in [0.2, 0.25) is 5.91 Å². The fourth-order valence-corrected chi connectivity index (χ4v) is 2.87. The molecule has 2 aromatic carbocycles. The van der Waals surface area contributed by atoms with Crippen LogP contribution < -0.4 is 10.2 Å². The molecule has 1 N–H and O–H groups in total. The molecule has 0 radical (unpaired) electrons. The summed E-state index contributed by atoms with van der Waals surface area (Å²) in [5.74, 6) is -0.344. The van der Waals surface area contributed by atoms with E-state index in [9.17, 15) is 14.0 Å². The number of rotatable bonds is 7. The summed E-state index contributed by atoms with van der Waals surface area (Å²) in [4.78, 5) is 25.5. The SMILES string of the molecule is O=C(CCCc1ccc(F)cc1)NCC1CN(c2ccccc2)C(=O)O1. The van der Waals surface area contributed by atoms with Gasteiger partial charge in [-0.1, -0.05) is 30.3 Å². The third-order valence-electron chi connectivity index (χ3n) is 4.25. The van der Waals surface area contributed by atoms with Gasteiger partial charge in [-0.05, 0) is 42.7 Å². The molecule has 1 atom stereocenters. The van der Waals surface area contributed by atoms with Crippen LogP contribution in [0, 0.1) is 5.82 Å². The highest BCUT2D eigenvalue weighted by atomic mass is 19.1. The van der Waals surface area contributed by atoms with Gasteiger partial charge < -0.3 is 10.1 Å². The number of ether oxygens (including phenoxy) is 1. The minimum absolute atomic E-state index is 0.0821. The number of carbonyl (C=O) groups excluding carboxylic acids is 2. The van der Waals surface area contributed by atoms with Crippen LogP contribution in [0.5, 0.6) is 0 Å². The molecule has 26 heavy (non-hydrogen) atoms. The Balaban J connectivity index is 1.38. The summed E-state index contributed by atoms with van der Waals surface area (Å²) in [7, 11) is 0. The van der Waals surface area contributed by atoms with Crippen molar-refractivity contribution < 1.29 is 18.7 Å². The van der Waals surface area contributed by atoms with Gasteiger partial charge >= 0.3 is 6.09 Å². The quantitative estimate of drug-likeness (QED) is 0.828. The highest BCUT2D eigenvalue weighted by molar-refractivity contribution is 5.89. The zero-order chi connectivity index (χ0) is 18.4. The molecule has 0 aromatic heterocycles. The molecule has 1 unspecified atom stereocenters. The maximum atomic E-state index is 12.8. The maximum Gasteiger partial charge on any atom is 0.414 e. The highest BCUT2D eigenvalue weighted by Crippen LogP contribution is 2.20. The molecule has 5 nitrogen and oxygen atoms in total. The number of amides is 2. The van der Waals surface area contributed by atoms with Crippen LogP contribution >= 0.6 is 0 Å². The van der Waals surface area contributed by atoms with Crippen molar-refractivity contribution in [3.8, 4) is 0 Å². The average molecular weight is 356 g/mol. The van der Waals surface area contributed by atoms with Gasteiger partial charge in [0.1, 0.15) is 11.9 Å². The molecular formula is C20H21FN2O3. The Hall–Kier alpha value is -2.89. The predicted molar refractivity (Wildman–Crippen MR) is 96.4 cm³/mol. The molecule has 2 amide bonds. The molecule has 1 fully saturated rings. The molecule has 0 spiro atoms. The van der Waals surface area contributed by atoms with E-state index in [1.807, 2.05) is 30.3 Å². The molecule has 0 bridgehead atoms. The summed E-state index contributed by atoms with van der Waals surface area (Å²) in [6.45, 7) is 0.711. The van der Waals surface area contributed by atoms with Gasteiger partial charge in [0.25, 0.3) is 0 Å². The topological polar surface area (TPSA) is 58.6 Å². The van der Waals surface area contributed by atoms with Crippen LogP contribution in [0.25, 0.3) is 0 Å². The number of cyclic esters (lactones) is 1. The monoisotopic (exact) mass is 356 g/mol. The Morgan fingerprint density at radius 3 is 2.62 bits per heavy atom. The lowest BCUT2D eigenvalue weighted by Gasteiger charge is -2.12. The number of anilines is 1. The molecule has 1 aliphatic rings. The van der Waals surface area contributed by atoms with Crippen LogP contribution in [0.2, 0.25) is 0 Å². The lowest BCUT2D eigenvalue weighted by atomic mass is 10.1. The largest absolute Gasteiger partial charge is 0.442 e. The second kappa shape index (κ2) is 8.47. The Labute approximate surface area is 151 Å². The number of hydrogen-bond acceptors (Lipinski definition) is 3. The van der Waals surface area contributed by atoms with Crippen molar-refractivity contribution in [2.45, 2.75) is 25.4 Å². The molecule has 1 saturated heterocycles. The fourth-order valence-electron chi connectivity index (χ4n) is 2.87. The van der Waals surface area contributed by atoms with E-state index in [0.717, 1.165) is 11.3 Å². The summed E-state index contributed by atoms with van der Waals surface area (Å²) in [6.07, 6.45) is 1.02. The van der Waals surface area contributed by atoms with Crippen molar-refractivity contribution in [3.05, 3.63) is 66.0 Å². The second-order valence-corrected chi connectivity index (χ2v) is 6.24. The fraction of sp³-hybridized carbons (Fsp3) is 0.300. The zero-order valence-electron chi connectivity index (χ0n) is 14.4. The van der Waals surface area contributed by atoms with E-state index in [1.54, 1.807) is 17.0 Å². The van der Waals surface area contributed by atoms with E-state index in [4.69, 9.17) is 4.74 Å². The summed E-state index contributed by atoms with van der Waals surface area (Å²) in [6, 6.07) is 15.6. The number of nitrogens with zero attached hydrogens (tertiary/aromatic N) is 1. The van der Waals surface area contributed by atoms with E-state index in [1.165, 1.54) is 12.1 Å². The first-order valence-corrected chi connectivity index (χ1v) is 8.66. The molecule has 6 heteroatoms. The number of hydrogen-bond donors (Lipinski definition) is 1. The van der Waals surface area contributed by atoms with Gasteiger partial charge in [-0.15, -0.1) is 0 Å². The Bertz CT molecular complexity index is 749. The lowest BCUT2D eigenvalue weighted by molar-refractivity contribution is -0.121. The summed E-state index contributed by atoms with van der Waals surface area (Å²) < 4.78 is 18.1. The summed E-state index contributed by atoms with van der Waals surface area (Å²) >= 11 is 0. The van der Waals surface area contributed by atoms with Crippen LogP contribution in [-0.4, -0.2) is 31.2 Å². The Kier molecular flexibility index (Phi) is 5.84. The van der Waals surface area contributed by atoms with Crippen LogP contribution in [0.1, 0.15) is 18.4 Å². The third-order valence-corrected chi connectivity index (χ3v) is 4.25. The van der Waals surface area contributed by atoms with Crippen LogP contribution in [-0.2, 0) is 16.0 Å². The van der Waals surface area contributed by atoms with E-state index in [0.29, 0.717) is 32.4 Å². The van der Waals surface area contributed by atoms with E-state index >= 15 is 0 Å². The molecule has 1 aliphatic heterocycles. The lowest BCUT2D eigenvalue weighted by Crippen LogP contribution is -2.34. The number of aryl methyl sites for hydroxylation is 1. The highest BCUT2D eigenvalue weighted by Gasteiger charge is 2.32. The summed E-state index contributed by atoms with van der Waals surface area (Å²) in [5, 5.41) is 2.81. The normalized spacial score (nSPS) is 16.4. The first-order valence-electron chi connectivity index (χ1n) is 8.66. The van der Waals surface area contributed by atoms with E-state index in [-0.39, 0.29) is 17.8 Å². The van der Waals surface area contributed by atoms with Crippen molar-refractivity contribution in [2.24, 2.45) is 0 Å². The number of carbonyl (C=O) groups is 2. The Morgan fingerprint density at radius 2 is 1.88 bits per heavy atom. The van der Waals surface area contributed by atoms with Crippen molar-refractivity contribution in [2.75, 3.05) is 18.0 Å². The van der Waals surface area contributed by atoms with E-state index in [2.05, 4.69) is 5.32 Å². The minimum Gasteiger partial charge on any atom is -0.442 e. The van der Waals surface area contributed by atoms with Crippen LogP contribution in [0.4, 0.5) is 14.9 Å². The molecule has 1 heterocycles. The molecule has 3 rings (SSSR count).